The maximum Gasteiger partial charge on any atom is 0.151 e. The van der Waals surface area contributed by atoms with Gasteiger partial charge in [-0.3, -0.25) is 0 Å². The van der Waals surface area contributed by atoms with Crippen LogP contribution in [0.25, 0.3) is 10.9 Å². The number of hydrogen-bond donors (Lipinski definition) is 3. The number of aromatic amines is 1. The highest BCUT2D eigenvalue weighted by molar-refractivity contribution is 5.86. The van der Waals surface area contributed by atoms with Gasteiger partial charge in [0, 0.05) is 23.5 Å². The zero-order valence-corrected chi connectivity index (χ0v) is 8.70. The summed E-state index contributed by atoms with van der Waals surface area (Å²) in [6, 6.07) is 6.11. The first kappa shape index (κ1) is 10.2. The fraction of sp³-hybridized carbons (Fsp3) is 0.333. The molecule has 0 fully saturated rings. The molecule has 1 heterocycles. The van der Waals surface area contributed by atoms with E-state index in [0.717, 1.165) is 11.1 Å². The van der Waals surface area contributed by atoms with Gasteiger partial charge in [-0.2, -0.15) is 0 Å². The molecular weight excluding hydrogens is 190 g/mol. The van der Waals surface area contributed by atoms with E-state index in [4.69, 9.17) is 10.2 Å². The van der Waals surface area contributed by atoms with Gasteiger partial charge >= 0.3 is 0 Å². The third-order valence-electron chi connectivity index (χ3n) is 2.67. The lowest BCUT2D eigenvalue weighted by molar-refractivity contribution is -0.0446. The zero-order valence-electron chi connectivity index (χ0n) is 8.70. The first-order chi connectivity index (χ1) is 7.18. The molecule has 1 aromatic heterocycles. The molecule has 0 aliphatic heterocycles. The second-order valence-electron chi connectivity index (χ2n) is 3.83. The average Bonchev–Trinajstić information content (AvgIpc) is 2.59. The molecule has 0 radical (unpaired) electrons. The average molecular weight is 205 g/mol. The third kappa shape index (κ3) is 2.03. The fourth-order valence-corrected chi connectivity index (χ4v) is 1.93. The summed E-state index contributed by atoms with van der Waals surface area (Å²) in [7, 11) is 0. The van der Waals surface area contributed by atoms with E-state index in [1.165, 1.54) is 10.9 Å². The summed E-state index contributed by atoms with van der Waals surface area (Å²) in [4.78, 5) is 3.19. The Hall–Kier alpha value is -1.32. The minimum Gasteiger partial charge on any atom is -0.368 e. The molecular formula is C12H15NO2. The number of rotatable bonds is 3. The van der Waals surface area contributed by atoms with Crippen LogP contribution in [0.4, 0.5) is 0 Å². The highest BCUT2D eigenvalue weighted by Gasteiger charge is 2.07. The van der Waals surface area contributed by atoms with Crippen LogP contribution < -0.4 is 0 Å². The van der Waals surface area contributed by atoms with Crippen molar-refractivity contribution < 1.29 is 10.2 Å². The van der Waals surface area contributed by atoms with Crippen LogP contribution in [0.1, 0.15) is 17.5 Å². The van der Waals surface area contributed by atoms with Crippen LogP contribution in [0, 0.1) is 6.92 Å². The number of aryl methyl sites for hydroxylation is 2. The first-order valence-corrected chi connectivity index (χ1v) is 5.10. The molecule has 80 valence electrons. The number of H-pyrrole nitrogens is 1. The van der Waals surface area contributed by atoms with E-state index in [-0.39, 0.29) is 0 Å². The molecule has 1 aromatic carbocycles. The number of benzene rings is 1. The maximum absolute atomic E-state index is 8.84. The highest BCUT2D eigenvalue weighted by Crippen LogP contribution is 2.23. The molecule has 3 N–H and O–H groups in total. The fourth-order valence-electron chi connectivity index (χ4n) is 1.93. The van der Waals surface area contributed by atoms with Gasteiger partial charge in [0.25, 0.3) is 0 Å². The van der Waals surface area contributed by atoms with Gasteiger partial charge in [-0.1, -0.05) is 12.1 Å². The summed E-state index contributed by atoms with van der Waals surface area (Å²) in [5.41, 5.74) is 3.48. The standard InChI is InChI=1S/C12H15NO2/c1-8-3-2-4-10-12(8)9(7-13-10)5-6-11(14)15/h2-4,7,11,13-15H,5-6H2,1H3. The molecule has 0 amide bonds. The van der Waals surface area contributed by atoms with E-state index < -0.39 is 6.29 Å². The highest BCUT2D eigenvalue weighted by atomic mass is 16.5. The predicted molar refractivity (Wildman–Crippen MR) is 59.6 cm³/mol. The summed E-state index contributed by atoms with van der Waals surface area (Å²) in [5.74, 6) is 0. The molecule has 0 aliphatic rings. The molecule has 0 atom stereocenters. The number of fused-ring (bicyclic) bond motifs is 1. The van der Waals surface area contributed by atoms with Crippen LogP contribution in [0.3, 0.4) is 0 Å². The smallest absolute Gasteiger partial charge is 0.151 e. The minimum atomic E-state index is -1.22. The summed E-state index contributed by atoms with van der Waals surface area (Å²) in [6.07, 6.45) is 1.78. The van der Waals surface area contributed by atoms with Crippen LogP contribution in [0.2, 0.25) is 0 Å². The van der Waals surface area contributed by atoms with Crippen molar-refractivity contribution in [3.05, 3.63) is 35.5 Å². The lowest BCUT2D eigenvalue weighted by Gasteiger charge is -2.03. The molecule has 0 saturated carbocycles. The van der Waals surface area contributed by atoms with Crippen molar-refractivity contribution in [2.75, 3.05) is 0 Å². The largest absolute Gasteiger partial charge is 0.368 e. The minimum absolute atomic E-state index is 0.376. The Kier molecular flexibility index (Phi) is 2.75. The summed E-state index contributed by atoms with van der Waals surface area (Å²) >= 11 is 0. The first-order valence-electron chi connectivity index (χ1n) is 5.10. The van der Waals surface area contributed by atoms with E-state index in [1.807, 2.05) is 18.3 Å². The van der Waals surface area contributed by atoms with Crippen molar-refractivity contribution in [1.29, 1.82) is 0 Å². The number of aromatic nitrogens is 1. The van der Waals surface area contributed by atoms with Gasteiger partial charge in [0.1, 0.15) is 0 Å². The van der Waals surface area contributed by atoms with Crippen molar-refractivity contribution in [1.82, 2.24) is 4.98 Å². The van der Waals surface area contributed by atoms with Crippen molar-refractivity contribution in [3.8, 4) is 0 Å². The molecule has 3 heteroatoms. The van der Waals surface area contributed by atoms with E-state index in [2.05, 4.69) is 18.0 Å². The van der Waals surface area contributed by atoms with Crippen LogP contribution >= 0.6 is 0 Å². The topological polar surface area (TPSA) is 56.2 Å². The maximum atomic E-state index is 8.84. The molecule has 0 unspecified atom stereocenters. The number of aliphatic hydroxyl groups is 2. The SMILES string of the molecule is Cc1cccc2[nH]cc(CCC(O)O)c12. The van der Waals surface area contributed by atoms with E-state index in [0.29, 0.717) is 12.8 Å². The van der Waals surface area contributed by atoms with Gasteiger partial charge in [0.15, 0.2) is 6.29 Å². The second-order valence-corrected chi connectivity index (χ2v) is 3.83. The van der Waals surface area contributed by atoms with Gasteiger partial charge in [-0.15, -0.1) is 0 Å². The number of hydrogen-bond acceptors (Lipinski definition) is 2. The van der Waals surface area contributed by atoms with Crippen LogP contribution in [-0.2, 0) is 6.42 Å². The Labute approximate surface area is 88.4 Å². The predicted octanol–water partition coefficient (Wildman–Crippen LogP) is 1.72. The molecule has 0 aliphatic carbocycles. The zero-order chi connectivity index (χ0) is 10.8. The Morgan fingerprint density at radius 1 is 1.33 bits per heavy atom. The normalized spacial score (nSPS) is 11.5. The van der Waals surface area contributed by atoms with Crippen molar-refractivity contribution >= 4 is 10.9 Å². The molecule has 0 saturated heterocycles. The summed E-state index contributed by atoms with van der Waals surface area (Å²) in [6.45, 7) is 2.06. The van der Waals surface area contributed by atoms with Crippen LogP contribution in [-0.4, -0.2) is 21.5 Å². The van der Waals surface area contributed by atoms with E-state index in [9.17, 15) is 0 Å². The van der Waals surface area contributed by atoms with Gasteiger partial charge in [0.2, 0.25) is 0 Å². The third-order valence-corrected chi connectivity index (χ3v) is 2.67. The number of aliphatic hydroxyl groups excluding tert-OH is 1. The Morgan fingerprint density at radius 3 is 2.87 bits per heavy atom. The molecule has 0 spiro atoms. The van der Waals surface area contributed by atoms with Crippen LogP contribution in [0.15, 0.2) is 24.4 Å². The summed E-state index contributed by atoms with van der Waals surface area (Å²) in [5, 5.41) is 18.9. The van der Waals surface area contributed by atoms with Crippen molar-refractivity contribution in [2.45, 2.75) is 26.1 Å². The molecule has 15 heavy (non-hydrogen) atoms. The van der Waals surface area contributed by atoms with Gasteiger partial charge < -0.3 is 15.2 Å². The Balaban J connectivity index is 2.35. The summed E-state index contributed by atoms with van der Waals surface area (Å²) < 4.78 is 0. The molecule has 2 rings (SSSR count). The molecule has 0 bridgehead atoms. The number of nitrogens with one attached hydrogen (secondary N) is 1. The lowest BCUT2D eigenvalue weighted by Crippen LogP contribution is -2.05. The Morgan fingerprint density at radius 2 is 2.13 bits per heavy atom. The van der Waals surface area contributed by atoms with Gasteiger partial charge in [-0.25, -0.2) is 0 Å². The van der Waals surface area contributed by atoms with Crippen molar-refractivity contribution in [2.24, 2.45) is 0 Å². The monoisotopic (exact) mass is 205 g/mol. The molecule has 2 aromatic rings. The second kappa shape index (κ2) is 4.04. The quantitative estimate of drug-likeness (QED) is 0.668. The van der Waals surface area contributed by atoms with Gasteiger partial charge in [-0.05, 0) is 30.5 Å². The van der Waals surface area contributed by atoms with E-state index >= 15 is 0 Å². The van der Waals surface area contributed by atoms with Gasteiger partial charge in [0.05, 0.1) is 0 Å². The lowest BCUT2D eigenvalue weighted by atomic mass is 10.0. The van der Waals surface area contributed by atoms with Crippen molar-refractivity contribution in [3.63, 3.8) is 0 Å². The van der Waals surface area contributed by atoms with E-state index in [1.54, 1.807) is 0 Å². The molecule has 3 nitrogen and oxygen atoms in total. The van der Waals surface area contributed by atoms with Crippen LogP contribution in [0.5, 0.6) is 0 Å². The Bertz CT molecular complexity index is 460.